The zero-order valence-electron chi connectivity index (χ0n) is 17.1. The molecule has 8 heteroatoms. The van der Waals surface area contributed by atoms with Gasteiger partial charge >= 0.3 is 6.09 Å². The molecular weight excluding hydrogens is 358 g/mol. The molecule has 2 fully saturated rings. The number of hydrazine groups is 1. The number of pyridine rings is 1. The summed E-state index contributed by atoms with van der Waals surface area (Å²) in [4.78, 5) is 32.7. The summed E-state index contributed by atoms with van der Waals surface area (Å²) in [6, 6.07) is 3.73. The number of carbonyl (C=O) groups is 2. The average Bonchev–Trinajstić information content (AvgIpc) is 3.14. The van der Waals surface area contributed by atoms with Crippen LogP contribution < -0.4 is 5.43 Å². The van der Waals surface area contributed by atoms with Crippen molar-refractivity contribution in [1.82, 2.24) is 25.2 Å². The highest BCUT2D eigenvalue weighted by atomic mass is 16.6. The van der Waals surface area contributed by atoms with E-state index in [2.05, 4.69) is 15.3 Å². The van der Waals surface area contributed by atoms with E-state index in [0.29, 0.717) is 18.8 Å². The maximum atomic E-state index is 12.2. The first kappa shape index (κ1) is 20.5. The van der Waals surface area contributed by atoms with Gasteiger partial charge in [-0.25, -0.2) is 9.80 Å². The largest absolute Gasteiger partial charge is 0.444 e. The molecule has 0 unspecified atom stereocenters. The van der Waals surface area contributed by atoms with E-state index in [4.69, 9.17) is 4.74 Å². The van der Waals surface area contributed by atoms with E-state index in [1.54, 1.807) is 17.2 Å². The number of amides is 2. The van der Waals surface area contributed by atoms with Gasteiger partial charge in [-0.1, -0.05) is 6.07 Å². The summed E-state index contributed by atoms with van der Waals surface area (Å²) in [5, 5.41) is 1.95. The minimum atomic E-state index is -0.470. The van der Waals surface area contributed by atoms with Crippen LogP contribution in [0.15, 0.2) is 18.3 Å². The van der Waals surface area contributed by atoms with Gasteiger partial charge in [0.1, 0.15) is 11.3 Å². The topological polar surface area (TPSA) is 78.0 Å². The lowest BCUT2D eigenvalue weighted by atomic mass is 10.2. The molecule has 0 saturated carbocycles. The summed E-state index contributed by atoms with van der Waals surface area (Å²) in [6.07, 6.45) is 3.75. The number of aromatic nitrogens is 1. The van der Waals surface area contributed by atoms with Crippen LogP contribution in [0.5, 0.6) is 0 Å². The predicted molar refractivity (Wildman–Crippen MR) is 106 cm³/mol. The van der Waals surface area contributed by atoms with Crippen molar-refractivity contribution in [2.45, 2.75) is 45.8 Å². The Morgan fingerprint density at radius 3 is 2.32 bits per heavy atom. The van der Waals surface area contributed by atoms with Gasteiger partial charge in [-0.05, 0) is 45.2 Å². The summed E-state index contributed by atoms with van der Waals surface area (Å²) < 4.78 is 5.43. The summed E-state index contributed by atoms with van der Waals surface area (Å²) in [7, 11) is 0. The first-order valence-corrected chi connectivity index (χ1v) is 10.0. The van der Waals surface area contributed by atoms with Crippen molar-refractivity contribution >= 4 is 12.0 Å². The lowest BCUT2D eigenvalue weighted by Gasteiger charge is -2.35. The van der Waals surface area contributed by atoms with Crippen LogP contribution in [0.2, 0.25) is 0 Å². The Morgan fingerprint density at radius 2 is 1.75 bits per heavy atom. The molecule has 0 atom stereocenters. The van der Waals surface area contributed by atoms with Crippen LogP contribution >= 0.6 is 0 Å². The van der Waals surface area contributed by atoms with Gasteiger partial charge in [0.2, 0.25) is 0 Å². The zero-order chi connectivity index (χ0) is 20.1. The maximum absolute atomic E-state index is 12.2. The first-order valence-electron chi connectivity index (χ1n) is 10.0. The van der Waals surface area contributed by atoms with Crippen LogP contribution in [0.25, 0.3) is 0 Å². The summed E-state index contributed by atoms with van der Waals surface area (Å²) >= 11 is 0. The van der Waals surface area contributed by atoms with Crippen molar-refractivity contribution in [3.05, 3.63) is 29.6 Å². The van der Waals surface area contributed by atoms with Crippen LogP contribution in [0.3, 0.4) is 0 Å². The highest BCUT2D eigenvalue weighted by Gasteiger charge is 2.26. The number of piperazine rings is 1. The normalized spacial score (nSPS) is 18.9. The van der Waals surface area contributed by atoms with Crippen LogP contribution in [0.4, 0.5) is 4.79 Å². The average molecular weight is 390 g/mol. The number of hydrogen-bond acceptors (Lipinski definition) is 6. The molecule has 0 radical (unpaired) electrons. The van der Waals surface area contributed by atoms with Crippen LogP contribution in [-0.2, 0) is 11.3 Å². The van der Waals surface area contributed by atoms with E-state index < -0.39 is 5.60 Å². The van der Waals surface area contributed by atoms with E-state index in [1.807, 2.05) is 31.8 Å². The molecule has 28 heavy (non-hydrogen) atoms. The van der Waals surface area contributed by atoms with Crippen molar-refractivity contribution in [3.63, 3.8) is 0 Å². The Hall–Kier alpha value is -2.19. The third kappa shape index (κ3) is 5.90. The van der Waals surface area contributed by atoms with E-state index in [1.165, 1.54) is 0 Å². The van der Waals surface area contributed by atoms with Gasteiger partial charge in [0.05, 0.1) is 0 Å². The molecule has 0 aromatic carbocycles. The number of rotatable bonds is 4. The second-order valence-electron chi connectivity index (χ2n) is 8.43. The molecule has 0 aliphatic carbocycles. The Bertz CT molecular complexity index is 672. The predicted octanol–water partition coefficient (Wildman–Crippen LogP) is 1.87. The van der Waals surface area contributed by atoms with Crippen molar-refractivity contribution in [2.75, 3.05) is 39.3 Å². The fraction of sp³-hybridized carbons (Fsp3) is 0.650. The van der Waals surface area contributed by atoms with Gasteiger partial charge in [0.25, 0.3) is 5.91 Å². The number of nitrogens with one attached hydrogen (secondary N) is 1. The van der Waals surface area contributed by atoms with Gasteiger partial charge in [-0.15, -0.1) is 0 Å². The molecule has 2 aliphatic rings. The van der Waals surface area contributed by atoms with Gasteiger partial charge < -0.3 is 9.64 Å². The number of carbonyl (C=O) groups excluding carboxylic acids is 2. The standard InChI is InChI=1S/C20H31N5O3/c1-20(2,3)28-19(27)24-12-10-23(11-13-24)15-16-6-7-17(21-14-16)18(26)22-25-8-4-5-9-25/h6-7,14H,4-5,8-13,15H2,1-3H3,(H,22,26). The Morgan fingerprint density at radius 1 is 1.07 bits per heavy atom. The molecule has 0 bridgehead atoms. The van der Waals surface area contributed by atoms with Crippen LogP contribution in [0, 0.1) is 0 Å². The monoisotopic (exact) mass is 389 g/mol. The highest BCUT2D eigenvalue weighted by Crippen LogP contribution is 2.13. The van der Waals surface area contributed by atoms with E-state index >= 15 is 0 Å². The number of ether oxygens (including phenoxy) is 1. The quantitative estimate of drug-likeness (QED) is 0.847. The second-order valence-corrected chi connectivity index (χ2v) is 8.43. The zero-order valence-corrected chi connectivity index (χ0v) is 17.1. The minimum absolute atomic E-state index is 0.153. The first-order chi connectivity index (χ1) is 13.3. The smallest absolute Gasteiger partial charge is 0.410 e. The summed E-state index contributed by atoms with van der Waals surface area (Å²) in [6.45, 7) is 11.1. The van der Waals surface area contributed by atoms with E-state index in [-0.39, 0.29) is 12.0 Å². The van der Waals surface area contributed by atoms with Crippen molar-refractivity contribution in [1.29, 1.82) is 0 Å². The fourth-order valence-electron chi connectivity index (χ4n) is 3.36. The molecule has 2 saturated heterocycles. The highest BCUT2D eigenvalue weighted by molar-refractivity contribution is 5.91. The Balaban J connectivity index is 1.45. The molecule has 0 spiro atoms. The van der Waals surface area contributed by atoms with Crippen LogP contribution in [0.1, 0.15) is 49.7 Å². The molecule has 3 heterocycles. The lowest BCUT2D eigenvalue weighted by molar-refractivity contribution is 0.0139. The number of nitrogens with zero attached hydrogens (tertiary/aromatic N) is 4. The molecule has 1 N–H and O–H groups in total. The molecule has 8 nitrogen and oxygen atoms in total. The van der Waals surface area contributed by atoms with Gasteiger partial charge in [-0.2, -0.15) is 0 Å². The maximum Gasteiger partial charge on any atom is 0.410 e. The Kier molecular flexibility index (Phi) is 6.51. The third-order valence-corrected chi connectivity index (χ3v) is 4.85. The fourth-order valence-corrected chi connectivity index (χ4v) is 3.36. The minimum Gasteiger partial charge on any atom is -0.444 e. The number of hydrogen-bond donors (Lipinski definition) is 1. The van der Waals surface area contributed by atoms with Gasteiger partial charge in [0.15, 0.2) is 0 Å². The lowest BCUT2D eigenvalue weighted by Crippen LogP contribution is -2.49. The molecular formula is C20H31N5O3. The van der Waals surface area contributed by atoms with Crippen LogP contribution in [-0.4, -0.2) is 76.7 Å². The van der Waals surface area contributed by atoms with E-state index in [9.17, 15) is 9.59 Å². The van der Waals surface area contributed by atoms with Crippen molar-refractivity contribution < 1.29 is 14.3 Å². The SMILES string of the molecule is CC(C)(C)OC(=O)N1CCN(Cc2ccc(C(=O)NN3CCCC3)nc2)CC1. The molecule has 2 amide bonds. The molecule has 2 aliphatic heterocycles. The van der Waals surface area contributed by atoms with Gasteiger partial charge in [-0.3, -0.25) is 20.1 Å². The summed E-state index contributed by atoms with van der Waals surface area (Å²) in [5.74, 6) is -0.153. The molecule has 1 aromatic rings. The van der Waals surface area contributed by atoms with Crippen molar-refractivity contribution in [3.8, 4) is 0 Å². The second kappa shape index (κ2) is 8.87. The van der Waals surface area contributed by atoms with Gasteiger partial charge in [0, 0.05) is 52.0 Å². The van der Waals surface area contributed by atoms with E-state index in [0.717, 1.165) is 51.1 Å². The molecule has 3 rings (SSSR count). The van der Waals surface area contributed by atoms with Crippen molar-refractivity contribution in [2.24, 2.45) is 0 Å². The summed E-state index contributed by atoms with van der Waals surface area (Å²) in [5.41, 5.74) is 3.92. The Labute approximate surface area is 166 Å². The third-order valence-electron chi connectivity index (χ3n) is 4.85. The molecule has 154 valence electrons. The molecule has 1 aromatic heterocycles.